The molecular formula is C10H11ClFNO2. The third kappa shape index (κ3) is 3.18. The molecule has 1 atom stereocenters. The maximum atomic E-state index is 13.2. The Hall–Kier alpha value is -1.13. The molecule has 82 valence electrons. The lowest BCUT2D eigenvalue weighted by atomic mass is 10.1. The number of hydrogen-bond acceptors (Lipinski definition) is 3. The molecule has 0 amide bonds. The summed E-state index contributed by atoms with van der Waals surface area (Å²) in [5, 5.41) is 0.406. The smallest absolute Gasteiger partial charge is 0.322 e. The molecule has 0 aromatic heterocycles. The van der Waals surface area contributed by atoms with Crippen LogP contribution in [-0.2, 0) is 16.0 Å². The SMILES string of the molecule is COC(=O)C(N)Cc1cc(Cl)ccc1F. The van der Waals surface area contributed by atoms with Gasteiger partial charge in [-0.3, -0.25) is 4.79 Å². The third-order valence-corrected chi connectivity index (χ3v) is 2.19. The molecule has 0 aliphatic heterocycles. The zero-order valence-corrected chi connectivity index (χ0v) is 8.92. The molecule has 5 heteroatoms. The van der Waals surface area contributed by atoms with Crippen LogP contribution in [0.25, 0.3) is 0 Å². The van der Waals surface area contributed by atoms with Crippen LogP contribution in [-0.4, -0.2) is 19.1 Å². The van der Waals surface area contributed by atoms with Gasteiger partial charge in [-0.25, -0.2) is 4.39 Å². The first-order valence-electron chi connectivity index (χ1n) is 4.32. The van der Waals surface area contributed by atoms with Gasteiger partial charge in [0, 0.05) is 11.4 Å². The Labute approximate surface area is 92.0 Å². The zero-order valence-electron chi connectivity index (χ0n) is 8.17. The molecule has 0 heterocycles. The topological polar surface area (TPSA) is 52.3 Å². The monoisotopic (exact) mass is 231 g/mol. The molecular weight excluding hydrogens is 221 g/mol. The Morgan fingerprint density at radius 1 is 1.67 bits per heavy atom. The normalized spacial score (nSPS) is 12.3. The number of carbonyl (C=O) groups excluding carboxylic acids is 1. The van der Waals surface area contributed by atoms with Crippen molar-refractivity contribution in [2.45, 2.75) is 12.5 Å². The number of benzene rings is 1. The Morgan fingerprint density at radius 3 is 2.93 bits per heavy atom. The summed E-state index contributed by atoms with van der Waals surface area (Å²) in [6, 6.07) is 3.24. The first-order valence-corrected chi connectivity index (χ1v) is 4.69. The molecule has 1 aromatic rings. The molecule has 1 aromatic carbocycles. The Kier molecular flexibility index (Phi) is 4.05. The summed E-state index contributed by atoms with van der Waals surface area (Å²) < 4.78 is 17.7. The second kappa shape index (κ2) is 5.09. The quantitative estimate of drug-likeness (QED) is 0.803. The van der Waals surface area contributed by atoms with E-state index in [1.54, 1.807) is 0 Å². The van der Waals surface area contributed by atoms with E-state index in [0.717, 1.165) is 0 Å². The van der Waals surface area contributed by atoms with Crippen LogP contribution in [0.5, 0.6) is 0 Å². The molecule has 0 spiro atoms. The summed E-state index contributed by atoms with van der Waals surface area (Å²) in [4.78, 5) is 11.0. The molecule has 0 saturated heterocycles. The lowest BCUT2D eigenvalue weighted by Crippen LogP contribution is -2.33. The number of ether oxygens (including phenoxy) is 1. The van der Waals surface area contributed by atoms with Gasteiger partial charge in [0.2, 0.25) is 0 Å². The van der Waals surface area contributed by atoms with Crippen molar-refractivity contribution in [2.75, 3.05) is 7.11 Å². The highest BCUT2D eigenvalue weighted by Gasteiger charge is 2.16. The number of halogens is 2. The van der Waals surface area contributed by atoms with Gasteiger partial charge in [0.15, 0.2) is 0 Å². The minimum atomic E-state index is -0.872. The number of carbonyl (C=O) groups is 1. The van der Waals surface area contributed by atoms with Gasteiger partial charge in [0.25, 0.3) is 0 Å². The minimum Gasteiger partial charge on any atom is -0.468 e. The fourth-order valence-electron chi connectivity index (χ4n) is 1.17. The van der Waals surface area contributed by atoms with Crippen molar-refractivity contribution in [2.24, 2.45) is 5.73 Å². The second-order valence-electron chi connectivity index (χ2n) is 3.07. The van der Waals surface area contributed by atoms with Crippen molar-refractivity contribution in [3.05, 3.63) is 34.6 Å². The fraction of sp³-hybridized carbons (Fsp3) is 0.300. The molecule has 0 radical (unpaired) electrons. The maximum Gasteiger partial charge on any atom is 0.322 e. The Balaban J connectivity index is 2.80. The van der Waals surface area contributed by atoms with Gasteiger partial charge in [-0.2, -0.15) is 0 Å². The van der Waals surface area contributed by atoms with Crippen LogP contribution in [0, 0.1) is 5.82 Å². The molecule has 0 bridgehead atoms. The van der Waals surface area contributed by atoms with Crippen LogP contribution >= 0.6 is 11.6 Å². The van der Waals surface area contributed by atoms with E-state index in [9.17, 15) is 9.18 Å². The van der Waals surface area contributed by atoms with Crippen LogP contribution in [0.2, 0.25) is 5.02 Å². The molecule has 1 rings (SSSR count). The Bertz CT molecular complexity index is 370. The van der Waals surface area contributed by atoms with E-state index >= 15 is 0 Å². The molecule has 0 aliphatic carbocycles. The molecule has 15 heavy (non-hydrogen) atoms. The van der Waals surface area contributed by atoms with Gasteiger partial charge in [-0.1, -0.05) is 11.6 Å². The van der Waals surface area contributed by atoms with Crippen LogP contribution in [0.4, 0.5) is 4.39 Å². The highest BCUT2D eigenvalue weighted by atomic mass is 35.5. The van der Waals surface area contributed by atoms with Crippen molar-refractivity contribution < 1.29 is 13.9 Å². The standard InChI is InChI=1S/C10H11ClFNO2/c1-15-10(14)9(13)5-6-4-7(11)2-3-8(6)12/h2-4,9H,5,13H2,1H3. The van der Waals surface area contributed by atoms with E-state index in [-0.39, 0.29) is 6.42 Å². The van der Waals surface area contributed by atoms with Crippen LogP contribution in [0.15, 0.2) is 18.2 Å². The van der Waals surface area contributed by atoms with Gasteiger partial charge >= 0.3 is 5.97 Å². The van der Waals surface area contributed by atoms with Crippen LogP contribution in [0.3, 0.4) is 0 Å². The lowest BCUT2D eigenvalue weighted by molar-refractivity contribution is -0.142. The predicted octanol–water partition coefficient (Wildman–Crippen LogP) is 1.52. The lowest BCUT2D eigenvalue weighted by Gasteiger charge is -2.09. The highest BCUT2D eigenvalue weighted by Crippen LogP contribution is 2.16. The van der Waals surface area contributed by atoms with Gasteiger partial charge in [0.1, 0.15) is 11.9 Å². The van der Waals surface area contributed by atoms with Gasteiger partial charge in [0.05, 0.1) is 7.11 Å². The first kappa shape index (κ1) is 11.9. The van der Waals surface area contributed by atoms with Gasteiger partial charge < -0.3 is 10.5 Å². The summed E-state index contributed by atoms with van der Waals surface area (Å²) in [5.74, 6) is -1.01. The van der Waals surface area contributed by atoms with E-state index in [0.29, 0.717) is 10.6 Å². The van der Waals surface area contributed by atoms with Crippen molar-refractivity contribution in [3.63, 3.8) is 0 Å². The number of hydrogen-bond donors (Lipinski definition) is 1. The first-order chi connectivity index (χ1) is 7.04. The van der Waals surface area contributed by atoms with E-state index in [2.05, 4.69) is 4.74 Å². The minimum absolute atomic E-state index is 0.0685. The highest BCUT2D eigenvalue weighted by molar-refractivity contribution is 6.30. The predicted molar refractivity (Wildman–Crippen MR) is 55.1 cm³/mol. The van der Waals surface area contributed by atoms with Crippen molar-refractivity contribution in [3.8, 4) is 0 Å². The fourth-order valence-corrected chi connectivity index (χ4v) is 1.37. The van der Waals surface area contributed by atoms with E-state index in [1.165, 1.54) is 25.3 Å². The second-order valence-corrected chi connectivity index (χ2v) is 3.51. The summed E-state index contributed by atoms with van der Waals surface area (Å²) in [6.07, 6.45) is 0.0685. The number of nitrogens with two attached hydrogens (primary N) is 1. The average molecular weight is 232 g/mol. The zero-order chi connectivity index (χ0) is 11.4. The number of methoxy groups -OCH3 is 1. The van der Waals surface area contributed by atoms with Crippen molar-refractivity contribution >= 4 is 17.6 Å². The summed E-state index contributed by atoms with van der Waals surface area (Å²) >= 11 is 5.69. The van der Waals surface area contributed by atoms with E-state index < -0.39 is 17.8 Å². The van der Waals surface area contributed by atoms with Gasteiger partial charge in [-0.05, 0) is 23.8 Å². The van der Waals surface area contributed by atoms with E-state index in [4.69, 9.17) is 17.3 Å². The molecule has 0 aliphatic rings. The summed E-state index contributed by atoms with van der Waals surface area (Å²) in [6.45, 7) is 0. The number of esters is 1. The average Bonchev–Trinajstić information content (AvgIpc) is 2.22. The molecule has 2 N–H and O–H groups in total. The maximum absolute atomic E-state index is 13.2. The van der Waals surface area contributed by atoms with Crippen molar-refractivity contribution in [1.29, 1.82) is 0 Å². The molecule has 0 saturated carbocycles. The van der Waals surface area contributed by atoms with Gasteiger partial charge in [-0.15, -0.1) is 0 Å². The Morgan fingerprint density at radius 2 is 2.33 bits per heavy atom. The summed E-state index contributed by atoms with van der Waals surface area (Å²) in [7, 11) is 1.23. The number of rotatable bonds is 3. The molecule has 0 fully saturated rings. The summed E-state index contributed by atoms with van der Waals surface area (Å²) in [5.41, 5.74) is 5.80. The van der Waals surface area contributed by atoms with Crippen LogP contribution in [0.1, 0.15) is 5.56 Å². The van der Waals surface area contributed by atoms with Crippen LogP contribution < -0.4 is 5.73 Å². The molecule has 3 nitrogen and oxygen atoms in total. The molecule has 1 unspecified atom stereocenters. The largest absolute Gasteiger partial charge is 0.468 e. The third-order valence-electron chi connectivity index (χ3n) is 1.95. The van der Waals surface area contributed by atoms with E-state index in [1.807, 2.05) is 0 Å². The van der Waals surface area contributed by atoms with Crippen molar-refractivity contribution in [1.82, 2.24) is 0 Å².